The zero-order valence-corrected chi connectivity index (χ0v) is 21.1. The zero-order chi connectivity index (χ0) is 25.2. The summed E-state index contributed by atoms with van der Waals surface area (Å²) in [6.07, 6.45) is 3.92. The van der Waals surface area contributed by atoms with Crippen molar-refractivity contribution >= 4 is 23.3 Å². The largest absolute Gasteiger partial charge is 0.384 e. The SMILES string of the molecule is CN=C/C(C)=C(C)/N=C(\C=C(/C)NCc1cccc(Nc2ccc(F)cc2)c1)c1ccccc1C. The second-order valence-corrected chi connectivity index (χ2v) is 8.48. The molecule has 0 radical (unpaired) electrons. The van der Waals surface area contributed by atoms with Crippen LogP contribution in [0, 0.1) is 12.7 Å². The molecule has 3 rings (SSSR count). The standard InChI is InChI=1S/C30H33FN4/c1-21-9-6-7-12-29(21)30(34-24(4)22(2)19-32-5)17-23(3)33-20-25-10-8-11-28(18-25)35-27-15-13-26(31)14-16-27/h6-19,33,35H,20H2,1-5H3/b23-17+,24-22+,32-19?,34-30+. The molecular weight excluding hydrogens is 435 g/mol. The van der Waals surface area contributed by atoms with Crippen LogP contribution in [0.5, 0.6) is 0 Å². The van der Waals surface area contributed by atoms with Crippen LogP contribution in [-0.2, 0) is 6.54 Å². The fraction of sp³-hybridized carbons (Fsp3) is 0.200. The van der Waals surface area contributed by atoms with E-state index in [1.54, 1.807) is 19.2 Å². The van der Waals surface area contributed by atoms with E-state index in [0.29, 0.717) is 6.54 Å². The molecule has 0 saturated heterocycles. The van der Waals surface area contributed by atoms with Crippen LogP contribution in [-0.4, -0.2) is 19.0 Å². The minimum atomic E-state index is -0.247. The maximum atomic E-state index is 13.2. The predicted octanol–water partition coefficient (Wildman–Crippen LogP) is 7.35. The van der Waals surface area contributed by atoms with Gasteiger partial charge in [0, 0.05) is 48.1 Å². The maximum Gasteiger partial charge on any atom is 0.123 e. The van der Waals surface area contributed by atoms with Crippen molar-refractivity contribution in [1.29, 1.82) is 0 Å². The molecule has 35 heavy (non-hydrogen) atoms. The lowest BCUT2D eigenvalue weighted by Crippen LogP contribution is -2.13. The minimum absolute atomic E-state index is 0.247. The topological polar surface area (TPSA) is 48.8 Å². The first-order chi connectivity index (χ1) is 16.9. The van der Waals surface area contributed by atoms with Crippen LogP contribution >= 0.6 is 0 Å². The van der Waals surface area contributed by atoms with Gasteiger partial charge in [0.25, 0.3) is 0 Å². The minimum Gasteiger partial charge on any atom is -0.384 e. The molecule has 0 spiro atoms. The van der Waals surface area contributed by atoms with Gasteiger partial charge in [0.2, 0.25) is 0 Å². The number of hydrogen-bond donors (Lipinski definition) is 2. The Labute approximate surface area is 208 Å². The number of allylic oxidation sites excluding steroid dienone is 4. The van der Waals surface area contributed by atoms with Crippen LogP contribution in [0.2, 0.25) is 0 Å². The first-order valence-corrected chi connectivity index (χ1v) is 11.6. The number of nitrogens with zero attached hydrogens (tertiary/aromatic N) is 2. The monoisotopic (exact) mass is 468 g/mol. The molecule has 3 aromatic carbocycles. The smallest absolute Gasteiger partial charge is 0.123 e. The van der Waals surface area contributed by atoms with Crippen molar-refractivity contribution in [3.63, 3.8) is 0 Å². The summed E-state index contributed by atoms with van der Waals surface area (Å²) in [5.41, 5.74) is 9.07. The summed E-state index contributed by atoms with van der Waals surface area (Å²) >= 11 is 0. The molecular formula is C30H33FN4. The number of aryl methyl sites for hydroxylation is 1. The number of rotatable bonds is 9. The first-order valence-electron chi connectivity index (χ1n) is 11.6. The molecule has 0 aliphatic heterocycles. The Balaban J connectivity index is 1.79. The van der Waals surface area contributed by atoms with Crippen molar-refractivity contribution in [2.24, 2.45) is 9.98 Å². The van der Waals surface area contributed by atoms with E-state index in [1.807, 2.05) is 51.3 Å². The summed E-state index contributed by atoms with van der Waals surface area (Å²) in [6.45, 7) is 8.83. The van der Waals surface area contributed by atoms with E-state index in [4.69, 9.17) is 4.99 Å². The van der Waals surface area contributed by atoms with Gasteiger partial charge in [-0.25, -0.2) is 4.39 Å². The predicted molar refractivity (Wildman–Crippen MR) is 147 cm³/mol. The highest BCUT2D eigenvalue weighted by Crippen LogP contribution is 2.19. The third-order valence-corrected chi connectivity index (χ3v) is 5.59. The van der Waals surface area contributed by atoms with Gasteiger partial charge in [0.1, 0.15) is 5.82 Å². The summed E-state index contributed by atoms with van der Waals surface area (Å²) in [4.78, 5) is 9.05. The molecule has 0 bridgehead atoms. The van der Waals surface area contributed by atoms with Gasteiger partial charge in [0.15, 0.2) is 0 Å². The molecule has 2 N–H and O–H groups in total. The third kappa shape index (κ3) is 7.78. The second-order valence-electron chi connectivity index (χ2n) is 8.48. The van der Waals surface area contributed by atoms with E-state index < -0.39 is 0 Å². The van der Waals surface area contributed by atoms with Gasteiger partial charge >= 0.3 is 0 Å². The summed E-state index contributed by atoms with van der Waals surface area (Å²) in [5.74, 6) is -0.247. The lowest BCUT2D eigenvalue weighted by Gasteiger charge is -2.12. The van der Waals surface area contributed by atoms with Gasteiger partial charge in [-0.1, -0.05) is 36.4 Å². The van der Waals surface area contributed by atoms with Crippen molar-refractivity contribution in [2.45, 2.75) is 34.2 Å². The highest BCUT2D eigenvalue weighted by Gasteiger charge is 2.07. The molecule has 0 aromatic heterocycles. The molecule has 180 valence electrons. The van der Waals surface area contributed by atoms with E-state index in [-0.39, 0.29) is 5.82 Å². The highest BCUT2D eigenvalue weighted by atomic mass is 19.1. The zero-order valence-electron chi connectivity index (χ0n) is 21.1. The number of benzene rings is 3. The average molecular weight is 469 g/mol. The number of anilines is 2. The van der Waals surface area contributed by atoms with Crippen molar-refractivity contribution in [3.8, 4) is 0 Å². The van der Waals surface area contributed by atoms with E-state index >= 15 is 0 Å². The molecule has 0 saturated carbocycles. The van der Waals surface area contributed by atoms with Gasteiger partial charge in [-0.2, -0.15) is 0 Å². The lowest BCUT2D eigenvalue weighted by atomic mass is 10.0. The Morgan fingerprint density at radius 1 is 0.914 bits per heavy atom. The van der Waals surface area contributed by atoms with Gasteiger partial charge in [-0.15, -0.1) is 0 Å². The van der Waals surface area contributed by atoms with Crippen molar-refractivity contribution < 1.29 is 4.39 Å². The summed E-state index contributed by atoms with van der Waals surface area (Å²) in [7, 11) is 1.76. The Morgan fingerprint density at radius 2 is 1.66 bits per heavy atom. The normalized spacial score (nSPS) is 13.1. The van der Waals surface area contributed by atoms with E-state index in [1.165, 1.54) is 17.7 Å². The molecule has 3 aromatic rings. The molecule has 4 nitrogen and oxygen atoms in total. The Morgan fingerprint density at radius 3 is 2.37 bits per heavy atom. The molecule has 5 heteroatoms. The fourth-order valence-corrected chi connectivity index (χ4v) is 3.54. The second kappa shape index (κ2) is 12.5. The molecule has 0 aliphatic rings. The molecule has 0 atom stereocenters. The molecule has 0 fully saturated rings. The van der Waals surface area contributed by atoms with Crippen LogP contribution in [0.4, 0.5) is 15.8 Å². The number of halogens is 1. The van der Waals surface area contributed by atoms with Crippen LogP contribution in [0.1, 0.15) is 37.5 Å². The van der Waals surface area contributed by atoms with Crippen LogP contribution < -0.4 is 10.6 Å². The van der Waals surface area contributed by atoms with Crippen LogP contribution in [0.3, 0.4) is 0 Å². The quantitative estimate of drug-likeness (QED) is 0.322. The van der Waals surface area contributed by atoms with Gasteiger partial charge in [-0.3, -0.25) is 9.98 Å². The molecule has 0 heterocycles. The Hall–Kier alpha value is -3.99. The fourth-order valence-electron chi connectivity index (χ4n) is 3.54. The summed E-state index contributed by atoms with van der Waals surface area (Å²) in [5, 5.41) is 6.82. The summed E-state index contributed by atoms with van der Waals surface area (Å²) in [6, 6.07) is 22.8. The first kappa shape index (κ1) is 25.6. The van der Waals surface area contributed by atoms with Crippen LogP contribution in [0.15, 0.2) is 106 Å². The summed E-state index contributed by atoms with van der Waals surface area (Å²) < 4.78 is 13.2. The van der Waals surface area contributed by atoms with Crippen molar-refractivity contribution in [2.75, 3.05) is 12.4 Å². The number of hydrogen-bond acceptors (Lipinski definition) is 4. The Kier molecular flexibility index (Phi) is 9.13. The van der Waals surface area contributed by atoms with E-state index in [9.17, 15) is 4.39 Å². The van der Waals surface area contributed by atoms with Crippen molar-refractivity contribution in [3.05, 3.63) is 118 Å². The Bertz CT molecular complexity index is 1270. The van der Waals surface area contributed by atoms with Gasteiger partial charge in [0.05, 0.1) is 5.71 Å². The lowest BCUT2D eigenvalue weighted by molar-refractivity contribution is 0.628. The van der Waals surface area contributed by atoms with E-state index in [0.717, 1.165) is 45.2 Å². The highest BCUT2D eigenvalue weighted by molar-refractivity contribution is 6.10. The van der Waals surface area contributed by atoms with Gasteiger partial charge in [-0.05, 0) is 86.9 Å². The number of nitrogens with one attached hydrogen (secondary N) is 2. The van der Waals surface area contributed by atoms with Gasteiger partial charge < -0.3 is 10.6 Å². The molecule has 0 unspecified atom stereocenters. The average Bonchev–Trinajstić information content (AvgIpc) is 2.84. The maximum absolute atomic E-state index is 13.2. The van der Waals surface area contributed by atoms with Crippen molar-refractivity contribution in [1.82, 2.24) is 5.32 Å². The third-order valence-electron chi connectivity index (χ3n) is 5.59. The number of aliphatic imine (C=N–C) groups is 2. The van der Waals surface area contributed by atoms with E-state index in [2.05, 4.69) is 52.9 Å². The molecule has 0 aliphatic carbocycles. The molecule has 0 amide bonds. The van der Waals surface area contributed by atoms with Crippen LogP contribution in [0.25, 0.3) is 0 Å².